The van der Waals surface area contributed by atoms with Crippen LogP contribution in [0.15, 0.2) is 48.5 Å². The number of hydrogen-bond acceptors (Lipinski definition) is 5. The zero-order chi connectivity index (χ0) is 19.1. The molecule has 1 N–H and O–H groups in total. The number of carbonyl (C=O) groups is 2. The summed E-state index contributed by atoms with van der Waals surface area (Å²) in [4.78, 5) is 24.1. The second kappa shape index (κ2) is 8.89. The van der Waals surface area contributed by atoms with Crippen LogP contribution in [0.3, 0.4) is 0 Å². The maximum atomic E-state index is 12.3. The summed E-state index contributed by atoms with van der Waals surface area (Å²) in [7, 11) is 1.57. The molecular formula is C20H23NO5. The first-order valence-electron chi connectivity index (χ1n) is 8.31. The molecule has 0 aliphatic heterocycles. The van der Waals surface area contributed by atoms with Gasteiger partial charge in [-0.25, -0.2) is 4.79 Å². The summed E-state index contributed by atoms with van der Waals surface area (Å²) in [5.74, 6) is 0.496. The van der Waals surface area contributed by atoms with Gasteiger partial charge in [-0.1, -0.05) is 6.07 Å². The van der Waals surface area contributed by atoms with E-state index in [0.717, 1.165) is 0 Å². The molecule has 0 heterocycles. The highest BCUT2D eigenvalue weighted by Crippen LogP contribution is 2.20. The van der Waals surface area contributed by atoms with Crippen molar-refractivity contribution in [2.24, 2.45) is 0 Å². The van der Waals surface area contributed by atoms with E-state index >= 15 is 0 Å². The number of benzene rings is 2. The Morgan fingerprint density at radius 3 is 2.23 bits per heavy atom. The molecule has 0 spiro atoms. The largest absolute Gasteiger partial charge is 0.497 e. The molecule has 138 valence electrons. The Labute approximate surface area is 153 Å². The molecule has 1 amide bonds. The van der Waals surface area contributed by atoms with Gasteiger partial charge in [0.15, 0.2) is 6.10 Å². The monoisotopic (exact) mass is 357 g/mol. The minimum Gasteiger partial charge on any atom is -0.497 e. The number of rotatable bonds is 7. The van der Waals surface area contributed by atoms with Gasteiger partial charge in [0.1, 0.15) is 11.5 Å². The van der Waals surface area contributed by atoms with Crippen LogP contribution in [0.25, 0.3) is 0 Å². The average molecular weight is 357 g/mol. The highest BCUT2D eigenvalue weighted by atomic mass is 16.5. The number of anilines is 1. The van der Waals surface area contributed by atoms with Crippen molar-refractivity contribution < 1.29 is 23.8 Å². The second-order valence-electron chi connectivity index (χ2n) is 5.96. The van der Waals surface area contributed by atoms with Gasteiger partial charge in [-0.05, 0) is 57.2 Å². The summed E-state index contributed by atoms with van der Waals surface area (Å²) >= 11 is 0. The molecule has 0 bridgehead atoms. The molecule has 26 heavy (non-hydrogen) atoms. The summed E-state index contributed by atoms with van der Waals surface area (Å²) in [6.45, 7) is 5.23. The Bertz CT molecular complexity index is 755. The summed E-state index contributed by atoms with van der Waals surface area (Å²) in [6, 6.07) is 13.5. The topological polar surface area (TPSA) is 73.9 Å². The van der Waals surface area contributed by atoms with E-state index in [4.69, 9.17) is 14.2 Å². The van der Waals surface area contributed by atoms with E-state index < -0.39 is 12.1 Å². The molecule has 0 aromatic heterocycles. The molecule has 6 nitrogen and oxygen atoms in total. The van der Waals surface area contributed by atoms with Gasteiger partial charge in [-0.2, -0.15) is 0 Å². The molecule has 2 aromatic rings. The van der Waals surface area contributed by atoms with Gasteiger partial charge in [0, 0.05) is 11.8 Å². The fourth-order valence-corrected chi connectivity index (χ4v) is 2.15. The van der Waals surface area contributed by atoms with Crippen molar-refractivity contribution in [1.82, 2.24) is 0 Å². The third kappa shape index (κ3) is 5.51. The lowest BCUT2D eigenvalue weighted by molar-refractivity contribution is -0.122. The van der Waals surface area contributed by atoms with Gasteiger partial charge in [-0.15, -0.1) is 0 Å². The fourth-order valence-electron chi connectivity index (χ4n) is 2.15. The molecule has 2 rings (SSSR count). The number of hydrogen-bond donors (Lipinski definition) is 1. The van der Waals surface area contributed by atoms with Gasteiger partial charge < -0.3 is 19.5 Å². The number of esters is 1. The summed E-state index contributed by atoms with van der Waals surface area (Å²) in [6.07, 6.45) is -0.885. The molecule has 2 aromatic carbocycles. The fraction of sp³-hybridized carbons (Fsp3) is 0.300. The van der Waals surface area contributed by atoms with Gasteiger partial charge in [0.2, 0.25) is 0 Å². The van der Waals surface area contributed by atoms with E-state index in [9.17, 15) is 9.59 Å². The number of amides is 1. The first-order chi connectivity index (χ1) is 12.4. The molecule has 6 heteroatoms. The van der Waals surface area contributed by atoms with Crippen LogP contribution in [0.1, 0.15) is 31.1 Å². The lowest BCUT2D eigenvalue weighted by Crippen LogP contribution is -2.30. The molecule has 0 aliphatic carbocycles. The van der Waals surface area contributed by atoms with Crippen LogP contribution in [-0.2, 0) is 9.53 Å². The number of ether oxygens (including phenoxy) is 3. The van der Waals surface area contributed by atoms with E-state index in [1.54, 1.807) is 76.4 Å². The van der Waals surface area contributed by atoms with Crippen molar-refractivity contribution in [1.29, 1.82) is 0 Å². The Kier molecular flexibility index (Phi) is 6.60. The maximum Gasteiger partial charge on any atom is 0.338 e. The minimum absolute atomic E-state index is 0.184. The van der Waals surface area contributed by atoms with E-state index in [2.05, 4.69) is 5.32 Å². The van der Waals surface area contributed by atoms with Gasteiger partial charge in [0.25, 0.3) is 5.91 Å². The molecule has 1 atom stereocenters. The van der Waals surface area contributed by atoms with Crippen LogP contribution in [0, 0.1) is 0 Å². The van der Waals surface area contributed by atoms with Crippen LogP contribution in [0.2, 0.25) is 0 Å². The Balaban J connectivity index is 1.94. The first kappa shape index (κ1) is 19.3. The summed E-state index contributed by atoms with van der Waals surface area (Å²) in [5.41, 5.74) is 0.995. The Hall–Kier alpha value is -3.02. The lowest BCUT2D eigenvalue weighted by atomic mass is 10.2. The normalized spacial score (nSPS) is 11.6. The zero-order valence-electron chi connectivity index (χ0n) is 15.3. The van der Waals surface area contributed by atoms with Crippen LogP contribution < -0.4 is 14.8 Å². The van der Waals surface area contributed by atoms with E-state index in [1.807, 2.05) is 0 Å². The predicted octanol–water partition coefficient (Wildman–Crippen LogP) is 3.67. The quantitative estimate of drug-likeness (QED) is 0.766. The van der Waals surface area contributed by atoms with Crippen molar-refractivity contribution in [3.05, 3.63) is 54.1 Å². The van der Waals surface area contributed by atoms with Gasteiger partial charge >= 0.3 is 5.97 Å². The molecule has 0 fully saturated rings. The predicted molar refractivity (Wildman–Crippen MR) is 98.7 cm³/mol. The highest BCUT2D eigenvalue weighted by molar-refractivity contribution is 5.95. The molecule has 0 radical (unpaired) electrons. The van der Waals surface area contributed by atoms with Crippen molar-refractivity contribution >= 4 is 17.6 Å². The van der Waals surface area contributed by atoms with E-state index in [-0.39, 0.29) is 12.0 Å². The average Bonchev–Trinajstić information content (AvgIpc) is 2.61. The van der Waals surface area contributed by atoms with Crippen LogP contribution in [0.5, 0.6) is 11.5 Å². The van der Waals surface area contributed by atoms with Crippen LogP contribution >= 0.6 is 0 Å². The molecule has 0 saturated carbocycles. The van der Waals surface area contributed by atoms with Crippen LogP contribution in [0.4, 0.5) is 5.69 Å². The number of nitrogens with one attached hydrogen (secondary N) is 1. The molecular weight excluding hydrogens is 334 g/mol. The molecule has 1 unspecified atom stereocenters. The zero-order valence-corrected chi connectivity index (χ0v) is 15.3. The molecule has 0 aliphatic rings. The van der Waals surface area contributed by atoms with E-state index in [1.165, 1.54) is 0 Å². The SMILES string of the molecule is COc1cccc(OC(C)C(=O)Nc2ccc(C(=O)OC(C)C)cc2)c1. The minimum atomic E-state index is -0.701. The smallest absolute Gasteiger partial charge is 0.338 e. The van der Waals surface area contributed by atoms with Crippen LogP contribution in [-0.4, -0.2) is 31.2 Å². The lowest BCUT2D eigenvalue weighted by Gasteiger charge is -2.15. The third-order valence-corrected chi connectivity index (χ3v) is 3.45. The first-order valence-corrected chi connectivity index (χ1v) is 8.31. The van der Waals surface area contributed by atoms with Crippen molar-refractivity contribution in [3.8, 4) is 11.5 Å². The standard InChI is InChI=1S/C20H23NO5/c1-13(2)25-20(23)15-8-10-16(11-9-15)21-19(22)14(3)26-18-7-5-6-17(12-18)24-4/h5-14H,1-4H3,(H,21,22). The van der Waals surface area contributed by atoms with Gasteiger partial charge in [0.05, 0.1) is 18.8 Å². The van der Waals surface area contributed by atoms with Crippen molar-refractivity contribution in [3.63, 3.8) is 0 Å². The summed E-state index contributed by atoms with van der Waals surface area (Å²) < 4.78 is 15.9. The Morgan fingerprint density at radius 2 is 1.62 bits per heavy atom. The second-order valence-corrected chi connectivity index (χ2v) is 5.96. The Morgan fingerprint density at radius 1 is 0.962 bits per heavy atom. The number of carbonyl (C=O) groups excluding carboxylic acids is 2. The maximum absolute atomic E-state index is 12.3. The van der Waals surface area contributed by atoms with Gasteiger partial charge in [-0.3, -0.25) is 4.79 Å². The molecule has 0 saturated heterocycles. The van der Waals surface area contributed by atoms with E-state index in [0.29, 0.717) is 22.7 Å². The third-order valence-electron chi connectivity index (χ3n) is 3.45. The van der Waals surface area contributed by atoms with Crippen molar-refractivity contribution in [2.45, 2.75) is 33.0 Å². The highest BCUT2D eigenvalue weighted by Gasteiger charge is 2.16. The number of methoxy groups -OCH3 is 1. The van der Waals surface area contributed by atoms with Crippen molar-refractivity contribution in [2.75, 3.05) is 12.4 Å². The summed E-state index contributed by atoms with van der Waals surface area (Å²) in [5, 5.41) is 2.75.